The summed E-state index contributed by atoms with van der Waals surface area (Å²) < 4.78 is 1.87. The number of carbonyl (C=O) groups excluding carboxylic acids is 2. The van der Waals surface area contributed by atoms with Crippen LogP contribution in [0.2, 0.25) is 5.02 Å². The second-order valence-corrected chi connectivity index (χ2v) is 6.17. The highest BCUT2D eigenvalue weighted by Crippen LogP contribution is 2.14. The van der Waals surface area contributed by atoms with Crippen LogP contribution in [-0.4, -0.2) is 39.0 Å². The molecule has 2 aromatic heterocycles. The number of nitrogens with zero attached hydrogens (tertiary/aromatic N) is 3. The van der Waals surface area contributed by atoms with E-state index >= 15 is 0 Å². The van der Waals surface area contributed by atoms with Gasteiger partial charge in [0.1, 0.15) is 11.9 Å². The summed E-state index contributed by atoms with van der Waals surface area (Å²) in [7, 11) is 0. The van der Waals surface area contributed by atoms with E-state index in [1.807, 2.05) is 28.8 Å². The van der Waals surface area contributed by atoms with E-state index in [1.165, 1.54) is 0 Å². The number of pyridine rings is 1. The minimum atomic E-state index is -0.686. The molecule has 7 nitrogen and oxygen atoms in total. The fraction of sp³-hybridized carbons (Fsp3) is 0.222. The minimum Gasteiger partial charge on any atom is -0.354 e. The van der Waals surface area contributed by atoms with E-state index in [0.29, 0.717) is 23.6 Å². The van der Waals surface area contributed by atoms with Crippen LogP contribution < -0.4 is 10.6 Å². The molecule has 0 aliphatic rings. The molecule has 0 bridgehead atoms. The monoisotopic (exact) mass is 371 g/mol. The molecule has 0 aliphatic carbocycles. The van der Waals surface area contributed by atoms with E-state index in [4.69, 9.17) is 11.6 Å². The summed E-state index contributed by atoms with van der Waals surface area (Å²) in [6.07, 6.45) is 2.40. The fourth-order valence-electron chi connectivity index (χ4n) is 2.50. The Bertz CT molecular complexity index is 940. The summed E-state index contributed by atoms with van der Waals surface area (Å²) in [5, 5.41) is 13.9. The average molecular weight is 372 g/mol. The van der Waals surface area contributed by atoms with Crippen LogP contribution in [-0.2, 0) is 11.2 Å². The molecule has 0 spiro atoms. The SMILES string of the molecule is C[C@H](NC(=O)c1ccccc1Cl)C(=O)NCCc1nnc2ccccn12. The summed E-state index contributed by atoms with van der Waals surface area (Å²) in [5.74, 6) is 0.0922. The Morgan fingerprint density at radius 1 is 1.15 bits per heavy atom. The lowest BCUT2D eigenvalue weighted by atomic mass is 10.2. The maximum atomic E-state index is 12.2. The molecule has 3 aromatic rings. The first-order valence-corrected chi connectivity index (χ1v) is 8.56. The number of hydrogen-bond donors (Lipinski definition) is 2. The zero-order valence-electron chi connectivity index (χ0n) is 14.1. The third-order valence-corrected chi connectivity index (χ3v) is 4.22. The summed E-state index contributed by atoms with van der Waals surface area (Å²) >= 11 is 5.99. The van der Waals surface area contributed by atoms with Crippen LogP contribution in [0.5, 0.6) is 0 Å². The van der Waals surface area contributed by atoms with Gasteiger partial charge in [-0.15, -0.1) is 10.2 Å². The lowest BCUT2D eigenvalue weighted by molar-refractivity contribution is -0.122. The van der Waals surface area contributed by atoms with Crippen molar-refractivity contribution in [1.82, 2.24) is 25.2 Å². The Labute approximate surface area is 155 Å². The van der Waals surface area contributed by atoms with E-state index < -0.39 is 6.04 Å². The van der Waals surface area contributed by atoms with Crippen molar-refractivity contribution in [2.24, 2.45) is 0 Å². The maximum Gasteiger partial charge on any atom is 0.253 e. The van der Waals surface area contributed by atoms with E-state index in [1.54, 1.807) is 31.2 Å². The highest BCUT2D eigenvalue weighted by atomic mass is 35.5. The van der Waals surface area contributed by atoms with E-state index in [9.17, 15) is 9.59 Å². The number of hydrogen-bond acceptors (Lipinski definition) is 4. The van der Waals surface area contributed by atoms with Crippen LogP contribution in [0.4, 0.5) is 0 Å². The van der Waals surface area contributed by atoms with Gasteiger partial charge in [-0.1, -0.05) is 29.8 Å². The molecule has 8 heteroatoms. The topological polar surface area (TPSA) is 88.4 Å². The van der Waals surface area contributed by atoms with Gasteiger partial charge in [0.05, 0.1) is 10.6 Å². The first-order valence-electron chi connectivity index (χ1n) is 8.18. The maximum absolute atomic E-state index is 12.2. The summed E-state index contributed by atoms with van der Waals surface area (Å²) in [6, 6.07) is 11.7. The van der Waals surface area contributed by atoms with Gasteiger partial charge < -0.3 is 10.6 Å². The highest BCUT2D eigenvalue weighted by molar-refractivity contribution is 6.33. The van der Waals surface area contributed by atoms with E-state index in [-0.39, 0.29) is 11.8 Å². The molecule has 0 saturated carbocycles. The van der Waals surface area contributed by atoms with E-state index in [2.05, 4.69) is 20.8 Å². The Kier molecular flexibility index (Phi) is 5.48. The Morgan fingerprint density at radius 2 is 1.92 bits per heavy atom. The molecule has 0 fully saturated rings. The molecule has 2 heterocycles. The minimum absolute atomic E-state index is 0.278. The zero-order valence-corrected chi connectivity index (χ0v) is 14.9. The molecular formula is C18H18ClN5O2. The first kappa shape index (κ1) is 17.9. The number of halogens is 1. The van der Waals surface area contributed by atoms with Crippen LogP contribution in [0.3, 0.4) is 0 Å². The van der Waals surface area contributed by atoms with Gasteiger partial charge in [-0.05, 0) is 31.2 Å². The second kappa shape index (κ2) is 7.97. The predicted molar refractivity (Wildman–Crippen MR) is 98.1 cm³/mol. The molecule has 1 atom stereocenters. The largest absolute Gasteiger partial charge is 0.354 e. The molecule has 3 rings (SSSR count). The van der Waals surface area contributed by atoms with E-state index in [0.717, 1.165) is 11.5 Å². The van der Waals surface area contributed by atoms with Crippen molar-refractivity contribution in [3.63, 3.8) is 0 Å². The summed E-state index contributed by atoms with van der Waals surface area (Å²) in [5.41, 5.74) is 1.10. The number of rotatable bonds is 6. The molecule has 0 unspecified atom stereocenters. The molecule has 0 radical (unpaired) electrons. The average Bonchev–Trinajstić information content (AvgIpc) is 3.05. The first-order chi connectivity index (χ1) is 12.6. The fourth-order valence-corrected chi connectivity index (χ4v) is 2.72. The smallest absolute Gasteiger partial charge is 0.253 e. The van der Waals surface area contributed by atoms with Crippen molar-refractivity contribution in [1.29, 1.82) is 0 Å². The number of aromatic nitrogens is 3. The molecule has 0 aliphatic heterocycles. The lowest BCUT2D eigenvalue weighted by Gasteiger charge is -2.14. The Hall–Kier alpha value is -2.93. The molecule has 26 heavy (non-hydrogen) atoms. The van der Waals surface area contributed by atoms with Crippen molar-refractivity contribution in [3.8, 4) is 0 Å². The number of benzene rings is 1. The molecule has 0 saturated heterocycles. The number of amides is 2. The number of carbonyl (C=O) groups is 2. The van der Waals surface area contributed by atoms with Crippen molar-refractivity contribution in [3.05, 3.63) is 65.1 Å². The summed E-state index contributed by atoms with van der Waals surface area (Å²) in [6.45, 7) is 2.01. The van der Waals surface area contributed by atoms with Crippen molar-refractivity contribution >= 4 is 29.1 Å². The Morgan fingerprint density at radius 3 is 2.73 bits per heavy atom. The number of fused-ring (bicyclic) bond motifs is 1. The second-order valence-electron chi connectivity index (χ2n) is 5.76. The predicted octanol–water partition coefficient (Wildman–Crippen LogP) is 1.86. The van der Waals surface area contributed by atoms with Crippen molar-refractivity contribution in [2.45, 2.75) is 19.4 Å². The Balaban J connectivity index is 1.51. The van der Waals surface area contributed by atoms with Crippen LogP contribution in [0.25, 0.3) is 5.65 Å². The lowest BCUT2D eigenvalue weighted by Crippen LogP contribution is -2.45. The van der Waals surface area contributed by atoms with Crippen LogP contribution >= 0.6 is 11.6 Å². The standard InChI is InChI=1S/C18H18ClN5O2/c1-12(21-18(26)13-6-2-3-7-14(13)19)17(25)20-10-9-16-23-22-15-8-4-5-11-24(15)16/h2-8,11-12H,9-10H2,1H3,(H,20,25)(H,21,26)/t12-/m0/s1. The van der Waals surface area contributed by atoms with Gasteiger partial charge in [0.15, 0.2) is 5.65 Å². The molecule has 134 valence electrons. The third kappa shape index (κ3) is 4.00. The number of nitrogens with one attached hydrogen (secondary N) is 2. The van der Waals surface area contributed by atoms with Crippen LogP contribution in [0, 0.1) is 0 Å². The normalized spacial score (nSPS) is 11.9. The van der Waals surface area contributed by atoms with Gasteiger partial charge in [0.25, 0.3) is 5.91 Å². The van der Waals surface area contributed by atoms with Crippen molar-refractivity contribution < 1.29 is 9.59 Å². The van der Waals surface area contributed by atoms with Gasteiger partial charge in [0.2, 0.25) is 5.91 Å². The van der Waals surface area contributed by atoms with Gasteiger partial charge in [0, 0.05) is 19.2 Å². The molecule has 2 N–H and O–H groups in total. The van der Waals surface area contributed by atoms with Gasteiger partial charge in [-0.25, -0.2) is 0 Å². The molecule has 1 aromatic carbocycles. The highest BCUT2D eigenvalue weighted by Gasteiger charge is 2.18. The van der Waals surface area contributed by atoms with Gasteiger partial charge >= 0.3 is 0 Å². The van der Waals surface area contributed by atoms with Crippen LogP contribution in [0.1, 0.15) is 23.1 Å². The van der Waals surface area contributed by atoms with Crippen LogP contribution in [0.15, 0.2) is 48.7 Å². The summed E-state index contributed by atoms with van der Waals surface area (Å²) in [4.78, 5) is 24.4. The quantitative estimate of drug-likeness (QED) is 0.692. The molecular weight excluding hydrogens is 354 g/mol. The van der Waals surface area contributed by atoms with Gasteiger partial charge in [-0.2, -0.15) is 0 Å². The zero-order chi connectivity index (χ0) is 18.5. The molecule has 2 amide bonds. The third-order valence-electron chi connectivity index (χ3n) is 3.89. The van der Waals surface area contributed by atoms with Crippen molar-refractivity contribution in [2.75, 3.05) is 6.54 Å². The van der Waals surface area contributed by atoms with Gasteiger partial charge in [-0.3, -0.25) is 14.0 Å².